The molecule has 1 saturated carbocycles. The Morgan fingerprint density at radius 1 is 0.978 bits per heavy atom. The molecule has 10 nitrogen and oxygen atoms in total. The second-order valence-corrected chi connectivity index (χ2v) is 16.5. The molecule has 3 aliphatic rings. The van der Waals surface area contributed by atoms with E-state index in [1.807, 2.05) is 44.0 Å². The normalized spacial score (nSPS) is 21.6. The van der Waals surface area contributed by atoms with Crippen molar-refractivity contribution in [3.8, 4) is 5.82 Å². The molecule has 11 heteroatoms. The van der Waals surface area contributed by atoms with E-state index in [-0.39, 0.29) is 18.2 Å². The van der Waals surface area contributed by atoms with E-state index in [1.165, 1.54) is 5.56 Å². The van der Waals surface area contributed by atoms with E-state index in [0.717, 1.165) is 60.9 Å². The quantitative estimate of drug-likeness (QED) is 0.236. The van der Waals surface area contributed by atoms with Crippen molar-refractivity contribution in [3.05, 3.63) is 66.0 Å². The van der Waals surface area contributed by atoms with Crippen LogP contribution in [0.5, 0.6) is 0 Å². The third-order valence-electron chi connectivity index (χ3n) is 8.80. The smallest absolute Gasteiger partial charge is 0.410 e. The first kappa shape index (κ1) is 29.7. The van der Waals surface area contributed by atoms with Crippen molar-refractivity contribution in [2.75, 3.05) is 17.8 Å². The summed E-state index contributed by atoms with van der Waals surface area (Å²) in [7, 11) is -2.34. The Morgan fingerprint density at radius 2 is 1.69 bits per heavy atom. The first-order valence-corrected chi connectivity index (χ1v) is 18.1. The predicted molar refractivity (Wildman–Crippen MR) is 177 cm³/mol. The van der Waals surface area contributed by atoms with Gasteiger partial charge in [-0.3, -0.25) is 4.57 Å². The molecule has 0 radical (unpaired) electrons. The molecule has 2 atom stereocenters. The molecule has 5 heterocycles. The second kappa shape index (κ2) is 11.1. The van der Waals surface area contributed by atoms with Crippen LogP contribution < -0.4 is 5.32 Å². The number of carbonyl (C=O) groups excluding carboxylic acids is 1. The number of hydrogen-bond acceptors (Lipinski definition) is 8. The highest BCUT2D eigenvalue weighted by Crippen LogP contribution is 2.45. The van der Waals surface area contributed by atoms with E-state index in [1.54, 1.807) is 18.6 Å². The number of benzene rings is 1. The molecule has 7 rings (SSSR count). The molecule has 1 N–H and O–H groups in total. The van der Waals surface area contributed by atoms with Gasteiger partial charge in [-0.25, -0.2) is 19.0 Å². The Balaban J connectivity index is 1.10. The molecule has 1 aromatic carbocycles. The van der Waals surface area contributed by atoms with Gasteiger partial charge in [0.1, 0.15) is 11.4 Å². The lowest BCUT2D eigenvalue weighted by atomic mass is 9.85. The summed E-state index contributed by atoms with van der Waals surface area (Å²) < 4.78 is 24.5. The number of pyridine rings is 1. The molecule has 2 aliphatic heterocycles. The summed E-state index contributed by atoms with van der Waals surface area (Å²) in [5.74, 6) is 2.53. The fourth-order valence-electron chi connectivity index (χ4n) is 6.83. The molecule has 3 aromatic heterocycles. The molecule has 2 saturated heterocycles. The van der Waals surface area contributed by atoms with Gasteiger partial charge in [0.25, 0.3) is 0 Å². The summed E-state index contributed by atoms with van der Waals surface area (Å²) in [4.78, 5) is 29.2. The third-order valence-corrected chi connectivity index (χ3v) is 9.43. The first-order valence-electron chi connectivity index (χ1n) is 15.8. The van der Waals surface area contributed by atoms with Gasteiger partial charge in [0, 0.05) is 57.3 Å². The minimum absolute atomic E-state index is 0.175. The molecule has 4 aromatic rings. The average molecular weight is 628 g/mol. The fraction of sp³-hybridized carbons (Fsp3) is 0.471. The molecule has 45 heavy (non-hydrogen) atoms. The second-order valence-electron chi connectivity index (χ2n) is 14.0. The van der Waals surface area contributed by atoms with Gasteiger partial charge < -0.3 is 15.0 Å². The minimum Gasteiger partial charge on any atom is -0.444 e. The van der Waals surface area contributed by atoms with Gasteiger partial charge in [0.2, 0.25) is 5.95 Å². The summed E-state index contributed by atoms with van der Waals surface area (Å²) in [5, 5.41) is 4.34. The highest BCUT2D eigenvalue weighted by molar-refractivity contribution is 7.92. The lowest BCUT2D eigenvalue weighted by molar-refractivity contribution is 0.00584. The highest BCUT2D eigenvalue weighted by atomic mass is 32.2. The van der Waals surface area contributed by atoms with E-state index in [0.29, 0.717) is 29.4 Å². The van der Waals surface area contributed by atoms with Crippen LogP contribution in [0.1, 0.15) is 82.4 Å². The minimum atomic E-state index is -2.34. The van der Waals surface area contributed by atoms with E-state index in [4.69, 9.17) is 14.7 Å². The van der Waals surface area contributed by atoms with Gasteiger partial charge in [0.15, 0.2) is 11.5 Å². The number of amides is 1. The molecule has 236 valence electrons. The number of piperidine rings is 1. The number of hydrogen-bond donors (Lipinski definition) is 1. The lowest BCUT2D eigenvalue weighted by Gasteiger charge is -2.39. The molecular weight excluding hydrogens is 586 g/mol. The van der Waals surface area contributed by atoms with Crippen LogP contribution in [0.4, 0.5) is 22.2 Å². The maximum absolute atomic E-state index is 12.9. The Hall–Kier alpha value is -3.99. The Kier molecular flexibility index (Phi) is 7.34. The Labute approximate surface area is 264 Å². The van der Waals surface area contributed by atoms with Crippen LogP contribution in [0.3, 0.4) is 0 Å². The fourth-order valence-corrected chi connectivity index (χ4v) is 7.38. The van der Waals surface area contributed by atoms with Gasteiger partial charge >= 0.3 is 6.09 Å². The molecule has 3 fully saturated rings. The summed E-state index contributed by atoms with van der Waals surface area (Å²) in [6, 6.07) is 16.8. The van der Waals surface area contributed by atoms with Crippen LogP contribution >= 0.6 is 0 Å². The Morgan fingerprint density at radius 3 is 2.33 bits per heavy atom. The summed E-state index contributed by atoms with van der Waals surface area (Å²) in [6.45, 7) is 5.77. The van der Waals surface area contributed by atoms with Crippen LogP contribution in [0.2, 0.25) is 0 Å². The molecule has 2 unspecified atom stereocenters. The number of ether oxygens (including phenoxy) is 1. The number of aromatic nitrogens is 4. The van der Waals surface area contributed by atoms with Gasteiger partial charge in [-0.2, -0.15) is 9.35 Å². The molecule has 1 aliphatic carbocycles. The largest absolute Gasteiger partial charge is 0.444 e. The molecule has 1 amide bonds. The number of carbonyl (C=O) groups is 1. The van der Waals surface area contributed by atoms with E-state index < -0.39 is 15.3 Å². The Bertz CT molecular complexity index is 1860. The van der Waals surface area contributed by atoms with Crippen LogP contribution in [-0.4, -0.2) is 64.9 Å². The number of nitrogens with zero attached hydrogens (tertiary/aromatic N) is 6. The van der Waals surface area contributed by atoms with Gasteiger partial charge in [0.05, 0.1) is 0 Å². The van der Waals surface area contributed by atoms with Crippen molar-refractivity contribution in [1.82, 2.24) is 24.4 Å². The summed E-state index contributed by atoms with van der Waals surface area (Å²) in [5.41, 5.74) is 3.65. The molecule has 2 bridgehead atoms. The van der Waals surface area contributed by atoms with E-state index >= 15 is 0 Å². The number of rotatable bonds is 6. The van der Waals surface area contributed by atoms with Gasteiger partial charge in [-0.05, 0) is 107 Å². The monoisotopic (exact) mass is 627 g/mol. The zero-order chi connectivity index (χ0) is 31.5. The summed E-state index contributed by atoms with van der Waals surface area (Å²) >= 11 is 0. The van der Waals surface area contributed by atoms with Crippen LogP contribution in [0, 0.1) is 0 Å². The van der Waals surface area contributed by atoms with Crippen molar-refractivity contribution in [3.63, 3.8) is 0 Å². The summed E-state index contributed by atoms with van der Waals surface area (Å²) in [6.07, 6.45) is 11.2. The number of fused-ring (bicyclic) bond motifs is 3. The highest BCUT2D eigenvalue weighted by Gasteiger charge is 2.45. The maximum Gasteiger partial charge on any atom is 0.410 e. The average Bonchev–Trinajstić information content (AvgIpc) is 3.68. The maximum atomic E-state index is 12.9. The number of nitrogens with one attached hydrogen (secondary N) is 1. The molecule has 0 spiro atoms. The van der Waals surface area contributed by atoms with Crippen molar-refractivity contribution in [2.24, 2.45) is 4.36 Å². The van der Waals surface area contributed by atoms with Gasteiger partial charge in [-0.15, -0.1) is 0 Å². The third kappa shape index (κ3) is 6.40. The van der Waals surface area contributed by atoms with E-state index in [9.17, 15) is 9.00 Å². The predicted octanol–water partition coefficient (Wildman–Crippen LogP) is 7.44. The molecular formula is C34H41N7O3S. The topological polar surface area (TPSA) is 115 Å². The standard InChI is InChI=1S/C34H41N7O3S/c1-34(2,3)44-33(42)40-26-15-16-27(40)18-23(17-26)21-11-13-25(14-12-21)36-32-35-20-24-19-28(22-9-10-22)41(31(24)38-32)30-8-6-7-29(37-30)39-45(4,5)43/h6-8,11-14,19-20,22-23,26-27H,9-10,15-18H2,1-5H3,(H,35,36,38). The van der Waals surface area contributed by atoms with Crippen molar-refractivity contribution >= 4 is 44.3 Å². The zero-order valence-corrected chi connectivity index (χ0v) is 27.4. The number of anilines is 2. The van der Waals surface area contributed by atoms with Crippen LogP contribution in [-0.2, 0) is 14.5 Å². The van der Waals surface area contributed by atoms with Crippen LogP contribution in [0.25, 0.3) is 16.9 Å². The van der Waals surface area contributed by atoms with Crippen molar-refractivity contribution in [1.29, 1.82) is 0 Å². The van der Waals surface area contributed by atoms with Crippen LogP contribution in [0.15, 0.2) is 59.1 Å². The lowest BCUT2D eigenvalue weighted by Crippen LogP contribution is -2.48. The van der Waals surface area contributed by atoms with Crippen molar-refractivity contribution < 1.29 is 13.7 Å². The van der Waals surface area contributed by atoms with Crippen molar-refractivity contribution in [2.45, 2.75) is 88.8 Å². The first-order chi connectivity index (χ1) is 21.4. The van der Waals surface area contributed by atoms with E-state index in [2.05, 4.69) is 49.6 Å². The zero-order valence-electron chi connectivity index (χ0n) is 26.6. The SMILES string of the molecule is CC(C)(C)OC(=O)N1C2CCC1CC(c1ccc(Nc3ncc4cc(C5CC5)n(-c5cccc(N=S(C)(C)=O)n5)c4n3)cc1)C2. The van der Waals surface area contributed by atoms with Gasteiger partial charge in [-0.1, -0.05) is 18.2 Å².